The zero-order valence-electron chi connectivity index (χ0n) is 18.1. The molecule has 1 fully saturated rings. The van der Waals surface area contributed by atoms with Crippen LogP contribution in [0.5, 0.6) is 0 Å². The number of rotatable bonds is 7. The van der Waals surface area contributed by atoms with Crippen molar-refractivity contribution in [2.24, 2.45) is 4.99 Å². The van der Waals surface area contributed by atoms with Gasteiger partial charge in [0.05, 0.1) is 19.2 Å². The van der Waals surface area contributed by atoms with Crippen LogP contribution in [0, 0.1) is 0 Å². The molecule has 1 saturated heterocycles. The number of aliphatic imine (C=N–C) groups is 1. The van der Waals surface area contributed by atoms with Crippen molar-refractivity contribution in [2.45, 2.75) is 19.9 Å². The van der Waals surface area contributed by atoms with Crippen LogP contribution in [0.15, 0.2) is 52.1 Å². The minimum atomic E-state index is -0.179. The summed E-state index contributed by atoms with van der Waals surface area (Å²) in [5.74, 6) is 1.28. The highest BCUT2D eigenvalue weighted by molar-refractivity contribution is 14.0. The Morgan fingerprint density at radius 3 is 2.50 bits per heavy atom. The average molecular weight is 574 g/mol. The third kappa shape index (κ3) is 8.01. The fraction of sp³-hybridized carbons (Fsp3) is 0.409. The predicted molar refractivity (Wildman–Crippen MR) is 135 cm³/mol. The summed E-state index contributed by atoms with van der Waals surface area (Å²) in [6.45, 7) is 5.56. The van der Waals surface area contributed by atoms with Gasteiger partial charge in [-0.25, -0.2) is 4.99 Å². The first-order valence-corrected chi connectivity index (χ1v) is 10.8. The molecule has 1 aromatic carbocycles. The van der Waals surface area contributed by atoms with Crippen molar-refractivity contribution >= 4 is 53.4 Å². The van der Waals surface area contributed by atoms with Crippen molar-refractivity contribution in [3.05, 3.63) is 59.0 Å². The summed E-state index contributed by atoms with van der Waals surface area (Å²) < 4.78 is 5.21. The van der Waals surface area contributed by atoms with Crippen LogP contribution in [-0.2, 0) is 22.6 Å². The van der Waals surface area contributed by atoms with E-state index in [1.807, 2.05) is 30.0 Å². The Hall–Kier alpha value is -2.27. The number of hydrogen-bond acceptors (Lipinski definition) is 4. The molecule has 0 atom stereocenters. The maximum atomic E-state index is 12.6. The molecule has 1 aliphatic heterocycles. The Morgan fingerprint density at radius 1 is 1.09 bits per heavy atom. The molecule has 3 rings (SSSR count). The number of guanidine groups is 1. The fourth-order valence-electron chi connectivity index (χ4n) is 3.33. The number of benzene rings is 1. The maximum absolute atomic E-state index is 12.6. The Balaban J connectivity index is 0.00000363. The second-order valence-electron chi connectivity index (χ2n) is 7.20. The lowest BCUT2D eigenvalue weighted by Gasteiger charge is -2.36. The standard InChI is InChI=1S/C22H28ClN5O3.HI/c1-2-24-22(26-16-20(29)25-15-19-7-4-12-31-19)28-10-8-27(9-11-28)21(30)14-17-5-3-6-18(23)13-17;/h3-7,12-13H,2,8-11,14-16H2,1H3,(H,24,26)(H,25,29);1H. The number of amides is 2. The lowest BCUT2D eigenvalue weighted by Crippen LogP contribution is -2.54. The van der Waals surface area contributed by atoms with Crippen molar-refractivity contribution in [1.29, 1.82) is 0 Å². The number of furan rings is 1. The zero-order chi connectivity index (χ0) is 22.1. The number of halogens is 2. The van der Waals surface area contributed by atoms with Crippen LogP contribution < -0.4 is 10.6 Å². The van der Waals surface area contributed by atoms with E-state index in [0.717, 1.165) is 5.56 Å². The Labute approximate surface area is 210 Å². The van der Waals surface area contributed by atoms with Gasteiger partial charge in [-0.3, -0.25) is 9.59 Å². The largest absolute Gasteiger partial charge is 0.467 e. The molecule has 32 heavy (non-hydrogen) atoms. The van der Waals surface area contributed by atoms with Gasteiger partial charge in [0.15, 0.2) is 5.96 Å². The number of carbonyl (C=O) groups excluding carboxylic acids is 2. The first kappa shape index (κ1) is 26.0. The van der Waals surface area contributed by atoms with Crippen molar-refractivity contribution < 1.29 is 14.0 Å². The molecule has 1 aromatic heterocycles. The number of piperazine rings is 1. The topological polar surface area (TPSA) is 90.2 Å². The van der Waals surface area contributed by atoms with Crippen LogP contribution in [0.3, 0.4) is 0 Å². The molecule has 0 aliphatic carbocycles. The van der Waals surface area contributed by atoms with Gasteiger partial charge in [-0.2, -0.15) is 0 Å². The van der Waals surface area contributed by atoms with Crippen LogP contribution in [-0.4, -0.2) is 66.8 Å². The number of carbonyl (C=O) groups is 2. The van der Waals surface area contributed by atoms with Crippen LogP contribution in [0.2, 0.25) is 5.02 Å². The molecule has 8 nitrogen and oxygen atoms in total. The molecule has 2 amide bonds. The summed E-state index contributed by atoms with van der Waals surface area (Å²) in [5.41, 5.74) is 0.912. The van der Waals surface area contributed by atoms with Crippen molar-refractivity contribution in [3.63, 3.8) is 0 Å². The van der Waals surface area contributed by atoms with Gasteiger partial charge in [0, 0.05) is 37.7 Å². The average Bonchev–Trinajstić information content (AvgIpc) is 3.29. The quantitative estimate of drug-likeness (QED) is 0.302. The van der Waals surface area contributed by atoms with Crippen LogP contribution >= 0.6 is 35.6 Å². The number of hydrogen-bond donors (Lipinski definition) is 2. The summed E-state index contributed by atoms with van der Waals surface area (Å²) in [6.07, 6.45) is 1.91. The molecule has 0 spiro atoms. The van der Waals surface area contributed by atoms with E-state index < -0.39 is 0 Å². The molecule has 0 saturated carbocycles. The van der Waals surface area contributed by atoms with Crippen molar-refractivity contribution in [1.82, 2.24) is 20.4 Å². The molecule has 10 heteroatoms. The molecule has 2 heterocycles. The third-order valence-electron chi connectivity index (χ3n) is 4.92. The highest BCUT2D eigenvalue weighted by atomic mass is 127. The van der Waals surface area contributed by atoms with Gasteiger partial charge in [0.25, 0.3) is 0 Å². The third-order valence-corrected chi connectivity index (χ3v) is 5.16. The maximum Gasteiger partial charge on any atom is 0.242 e. The van der Waals surface area contributed by atoms with Gasteiger partial charge in [0.2, 0.25) is 11.8 Å². The zero-order valence-corrected chi connectivity index (χ0v) is 21.1. The van der Waals surface area contributed by atoms with E-state index in [4.69, 9.17) is 16.0 Å². The first-order chi connectivity index (χ1) is 15.0. The van der Waals surface area contributed by atoms with Gasteiger partial charge in [-0.1, -0.05) is 23.7 Å². The molecule has 1 aliphatic rings. The molecular weight excluding hydrogens is 545 g/mol. The summed E-state index contributed by atoms with van der Waals surface area (Å²) in [5, 5.41) is 6.65. The summed E-state index contributed by atoms with van der Waals surface area (Å²) in [4.78, 5) is 33.1. The van der Waals surface area contributed by atoms with Gasteiger partial charge >= 0.3 is 0 Å². The van der Waals surface area contributed by atoms with Gasteiger partial charge in [-0.05, 0) is 36.8 Å². The smallest absolute Gasteiger partial charge is 0.242 e. The molecule has 174 valence electrons. The van der Waals surface area contributed by atoms with Crippen molar-refractivity contribution in [3.8, 4) is 0 Å². The van der Waals surface area contributed by atoms with Crippen LogP contribution in [0.1, 0.15) is 18.2 Å². The molecule has 2 N–H and O–H groups in total. The summed E-state index contributed by atoms with van der Waals surface area (Å²) in [6, 6.07) is 11.0. The summed E-state index contributed by atoms with van der Waals surface area (Å²) in [7, 11) is 0. The van der Waals surface area contributed by atoms with E-state index in [-0.39, 0.29) is 42.3 Å². The van der Waals surface area contributed by atoms with E-state index in [1.54, 1.807) is 24.5 Å². The molecule has 2 aromatic rings. The van der Waals surface area contributed by atoms with E-state index in [9.17, 15) is 9.59 Å². The molecule has 0 bridgehead atoms. The first-order valence-electron chi connectivity index (χ1n) is 10.4. The minimum absolute atomic E-state index is 0. The Bertz CT molecular complexity index is 899. The van der Waals surface area contributed by atoms with E-state index >= 15 is 0 Å². The van der Waals surface area contributed by atoms with Gasteiger partial charge in [0.1, 0.15) is 12.3 Å². The molecule has 0 unspecified atom stereocenters. The second kappa shape index (κ2) is 13.3. The number of nitrogens with zero attached hydrogens (tertiary/aromatic N) is 3. The highest BCUT2D eigenvalue weighted by Gasteiger charge is 2.23. The normalized spacial score (nSPS) is 14.0. The van der Waals surface area contributed by atoms with E-state index in [0.29, 0.717) is 62.4 Å². The highest BCUT2D eigenvalue weighted by Crippen LogP contribution is 2.13. The summed E-state index contributed by atoms with van der Waals surface area (Å²) >= 11 is 6.01. The van der Waals surface area contributed by atoms with Gasteiger partial charge in [-0.15, -0.1) is 24.0 Å². The van der Waals surface area contributed by atoms with E-state index in [1.165, 1.54) is 0 Å². The van der Waals surface area contributed by atoms with E-state index in [2.05, 4.69) is 20.5 Å². The Kier molecular flexibility index (Phi) is 10.8. The lowest BCUT2D eigenvalue weighted by atomic mass is 10.1. The van der Waals surface area contributed by atoms with Crippen molar-refractivity contribution in [2.75, 3.05) is 39.3 Å². The lowest BCUT2D eigenvalue weighted by molar-refractivity contribution is -0.131. The monoisotopic (exact) mass is 573 g/mol. The van der Waals surface area contributed by atoms with Gasteiger partial charge < -0.3 is 24.9 Å². The predicted octanol–water partition coefficient (Wildman–Crippen LogP) is 2.52. The number of nitrogens with one attached hydrogen (secondary N) is 2. The van der Waals surface area contributed by atoms with Crippen LogP contribution in [0.25, 0.3) is 0 Å². The minimum Gasteiger partial charge on any atom is -0.467 e. The fourth-order valence-corrected chi connectivity index (χ4v) is 3.54. The Morgan fingerprint density at radius 2 is 1.84 bits per heavy atom. The second-order valence-corrected chi connectivity index (χ2v) is 7.64. The molecule has 0 radical (unpaired) electrons. The SMILES string of the molecule is CCNC(=NCC(=O)NCc1ccco1)N1CCN(C(=O)Cc2cccc(Cl)c2)CC1.I. The molecular formula is C22H29ClIN5O3. The van der Waals surface area contributed by atoms with Crippen LogP contribution in [0.4, 0.5) is 0 Å².